The van der Waals surface area contributed by atoms with Crippen molar-refractivity contribution < 1.29 is 19.0 Å². The zero-order chi connectivity index (χ0) is 24.2. The Labute approximate surface area is 204 Å². The number of benzene rings is 4. The number of carbonyl (C=O) groups is 1. The summed E-state index contributed by atoms with van der Waals surface area (Å²) in [5.41, 5.74) is 3.64. The van der Waals surface area contributed by atoms with Crippen molar-refractivity contribution in [1.29, 1.82) is 0 Å². The molecule has 1 heterocycles. The smallest absolute Gasteiger partial charge is 0.335 e. The lowest BCUT2D eigenvalue weighted by molar-refractivity contribution is 0.0696. The molecular weight excluding hydrogens is 441 g/mol. The molecule has 0 aliphatic carbocycles. The number of ether oxygens (including phenoxy) is 1. The van der Waals surface area contributed by atoms with Gasteiger partial charge in [-0.3, -0.25) is 0 Å². The number of fused-ring (bicyclic) bond motifs is 2. The van der Waals surface area contributed by atoms with Gasteiger partial charge in [0, 0.05) is 23.4 Å². The molecule has 0 amide bonds. The van der Waals surface area contributed by atoms with Gasteiger partial charge in [-0.15, -0.1) is 0 Å². The summed E-state index contributed by atoms with van der Waals surface area (Å²) in [5, 5.41) is 14.3. The van der Waals surface area contributed by atoms with Gasteiger partial charge >= 0.3 is 5.97 Å². The second-order valence-electron chi connectivity index (χ2n) is 9.06. The maximum Gasteiger partial charge on any atom is 0.335 e. The summed E-state index contributed by atoms with van der Waals surface area (Å²) in [4.78, 5) is 11.2. The Bertz CT molecular complexity index is 1340. The molecule has 5 heteroatoms. The predicted octanol–water partition coefficient (Wildman–Crippen LogP) is 6.53. The van der Waals surface area contributed by atoms with Crippen LogP contribution in [0.4, 0.5) is 4.39 Å². The fraction of sp³-hybridized carbons (Fsp3) is 0.233. The van der Waals surface area contributed by atoms with Crippen LogP contribution in [0.25, 0.3) is 10.8 Å². The first kappa shape index (κ1) is 23.1. The fourth-order valence-electron chi connectivity index (χ4n) is 5.00. The van der Waals surface area contributed by atoms with Crippen LogP contribution in [0.15, 0.2) is 84.9 Å². The van der Waals surface area contributed by atoms with E-state index in [4.69, 9.17) is 4.74 Å². The second kappa shape index (κ2) is 10.3. The molecule has 2 atom stereocenters. The highest BCUT2D eigenvalue weighted by Crippen LogP contribution is 2.41. The van der Waals surface area contributed by atoms with Gasteiger partial charge in [0.15, 0.2) is 0 Å². The van der Waals surface area contributed by atoms with E-state index >= 15 is 0 Å². The van der Waals surface area contributed by atoms with Gasteiger partial charge in [0.2, 0.25) is 0 Å². The normalized spacial score (nSPS) is 17.1. The summed E-state index contributed by atoms with van der Waals surface area (Å²) >= 11 is 0. The molecule has 4 aromatic rings. The largest absolute Gasteiger partial charge is 0.490 e. The monoisotopic (exact) mass is 469 g/mol. The van der Waals surface area contributed by atoms with Gasteiger partial charge in [0.25, 0.3) is 0 Å². The standard InChI is InChI=1S/C30H28FNO3/c31-28-16-15-22(24-7-1-2-8-25(24)28)19-32-17-5-6-23-18-27(26-9-3-4-10-29(26)35-23)20-11-13-21(14-12-20)30(33)34/h1-4,7-16,23,27,32H,5-6,17-19H2,(H,33,34). The fourth-order valence-corrected chi connectivity index (χ4v) is 5.00. The Morgan fingerprint density at radius 2 is 1.69 bits per heavy atom. The van der Waals surface area contributed by atoms with Crippen molar-refractivity contribution in [2.24, 2.45) is 0 Å². The van der Waals surface area contributed by atoms with Crippen molar-refractivity contribution in [3.63, 3.8) is 0 Å². The molecule has 4 aromatic carbocycles. The summed E-state index contributed by atoms with van der Waals surface area (Å²) in [6.07, 6.45) is 2.81. The minimum absolute atomic E-state index is 0.0856. The number of hydrogen-bond donors (Lipinski definition) is 2. The van der Waals surface area contributed by atoms with E-state index in [9.17, 15) is 14.3 Å². The van der Waals surface area contributed by atoms with Crippen molar-refractivity contribution in [3.05, 3.63) is 113 Å². The van der Waals surface area contributed by atoms with E-state index in [2.05, 4.69) is 11.4 Å². The van der Waals surface area contributed by atoms with Crippen LogP contribution in [-0.4, -0.2) is 23.7 Å². The molecule has 0 radical (unpaired) electrons. The van der Waals surface area contributed by atoms with E-state index in [-0.39, 0.29) is 17.8 Å². The molecule has 0 saturated carbocycles. The molecule has 0 aromatic heterocycles. The Morgan fingerprint density at radius 3 is 2.49 bits per heavy atom. The summed E-state index contributed by atoms with van der Waals surface area (Å²) < 4.78 is 20.4. The molecule has 1 aliphatic rings. The zero-order valence-corrected chi connectivity index (χ0v) is 19.4. The van der Waals surface area contributed by atoms with Gasteiger partial charge in [-0.25, -0.2) is 9.18 Å². The molecule has 0 spiro atoms. The molecule has 4 nitrogen and oxygen atoms in total. The van der Waals surface area contributed by atoms with Crippen molar-refractivity contribution in [2.45, 2.75) is 37.8 Å². The molecule has 0 bridgehead atoms. The van der Waals surface area contributed by atoms with E-state index < -0.39 is 5.97 Å². The van der Waals surface area contributed by atoms with Crippen LogP contribution in [0.3, 0.4) is 0 Å². The Balaban J connectivity index is 1.20. The van der Waals surface area contributed by atoms with Gasteiger partial charge in [-0.05, 0) is 66.6 Å². The van der Waals surface area contributed by atoms with Crippen LogP contribution in [0.1, 0.15) is 52.2 Å². The molecule has 5 rings (SSSR count). The average molecular weight is 470 g/mol. The van der Waals surface area contributed by atoms with Gasteiger partial charge in [0.05, 0.1) is 11.7 Å². The minimum Gasteiger partial charge on any atom is -0.490 e. The van der Waals surface area contributed by atoms with Crippen molar-refractivity contribution in [2.75, 3.05) is 6.54 Å². The number of hydrogen-bond acceptors (Lipinski definition) is 3. The third-order valence-electron chi connectivity index (χ3n) is 6.80. The molecule has 35 heavy (non-hydrogen) atoms. The highest BCUT2D eigenvalue weighted by Gasteiger charge is 2.29. The van der Waals surface area contributed by atoms with Gasteiger partial charge < -0.3 is 15.2 Å². The number of aromatic carboxylic acids is 1. The maximum absolute atomic E-state index is 14.1. The van der Waals surface area contributed by atoms with Crippen LogP contribution in [-0.2, 0) is 6.54 Å². The van der Waals surface area contributed by atoms with E-state index in [1.807, 2.05) is 60.7 Å². The summed E-state index contributed by atoms with van der Waals surface area (Å²) in [7, 11) is 0. The average Bonchev–Trinajstić information content (AvgIpc) is 2.89. The SMILES string of the molecule is O=C(O)c1ccc(C2CC(CCCNCc3ccc(F)c4ccccc34)Oc3ccccc32)cc1. The molecule has 0 fully saturated rings. The first-order chi connectivity index (χ1) is 17.1. The molecule has 2 unspecified atom stereocenters. The number of halogens is 1. The Morgan fingerprint density at radius 1 is 0.943 bits per heavy atom. The third-order valence-corrected chi connectivity index (χ3v) is 6.80. The molecule has 178 valence electrons. The summed E-state index contributed by atoms with van der Waals surface area (Å²) in [6.45, 7) is 1.53. The van der Waals surface area contributed by atoms with E-state index in [1.165, 1.54) is 6.07 Å². The van der Waals surface area contributed by atoms with Crippen LogP contribution in [0, 0.1) is 5.82 Å². The van der Waals surface area contributed by atoms with E-state index in [0.717, 1.165) is 53.6 Å². The Hall–Kier alpha value is -3.70. The number of carboxylic acid groups (broad SMARTS) is 1. The lowest BCUT2D eigenvalue weighted by Crippen LogP contribution is -2.27. The molecular formula is C30H28FNO3. The van der Waals surface area contributed by atoms with Crippen LogP contribution >= 0.6 is 0 Å². The van der Waals surface area contributed by atoms with E-state index in [1.54, 1.807) is 12.1 Å². The lowest BCUT2D eigenvalue weighted by Gasteiger charge is -2.33. The number of nitrogens with one attached hydrogen (secondary N) is 1. The number of carboxylic acids is 1. The second-order valence-corrected chi connectivity index (χ2v) is 9.06. The maximum atomic E-state index is 14.1. The van der Waals surface area contributed by atoms with E-state index in [0.29, 0.717) is 17.5 Å². The number of para-hydroxylation sites is 1. The Kier molecular flexibility index (Phi) is 6.77. The van der Waals surface area contributed by atoms with Gasteiger partial charge in [-0.2, -0.15) is 0 Å². The molecule has 1 aliphatic heterocycles. The summed E-state index contributed by atoms with van der Waals surface area (Å²) in [5.74, 6) is -0.0256. The molecule has 0 saturated heterocycles. The van der Waals surface area contributed by atoms with Crippen LogP contribution < -0.4 is 10.1 Å². The highest BCUT2D eigenvalue weighted by atomic mass is 19.1. The lowest BCUT2D eigenvalue weighted by atomic mass is 9.83. The van der Waals surface area contributed by atoms with Crippen molar-refractivity contribution in [1.82, 2.24) is 5.32 Å². The highest BCUT2D eigenvalue weighted by molar-refractivity contribution is 5.87. The van der Waals surface area contributed by atoms with Crippen LogP contribution in [0.2, 0.25) is 0 Å². The molecule has 2 N–H and O–H groups in total. The predicted molar refractivity (Wildman–Crippen MR) is 136 cm³/mol. The number of rotatable bonds is 8. The van der Waals surface area contributed by atoms with Gasteiger partial charge in [0.1, 0.15) is 11.6 Å². The topological polar surface area (TPSA) is 58.6 Å². The minimum atomic E-state index is -0.914. The zero-order valence-electron chi connectivity index (χ0n) is 19.4. The van der Waals surface area contributed by atoms with Crippen LogP contribution in [0.5, 0.6) is 5.75 Å². The van der Waals surface area contributed by atoms with Gasteiger partial charge in [-0.1, -0.05) is 60.7 Å². The quantitative estimate of drug-likeness (QED) is 0.288. The third kappa shape index (κ3) is 5.05. The summed E-state index contributed by atoms with van der Waals surface area (Å²) in [6, 6.07) is 26.3. The van der Waals surface area contributed by atoms with Crippen molar-refractivity contribution >= 4 is 16.7 Å². The first-order valence-corrected chi connectivity index (χ1v) is 12.1. The van der Waals surface area contributed by atoms with Crippen molar-refractivity contribution in [3.8, 4) is 5.75 Å². The first-order valence-electron chi connectivity index (χ1n) is 12.1.